The fourth-order valence-corrected chi connectivity index (χ4v) is 1.84. The molecular weight excluding hydrogens is 310 g/mol. The zero-order valence-electron chi connectivity index (χ0n) is 14.8. The summed E-state index contributed by atoms with van der Waals surface area (Å²) in [6.45, 7) is 6.33. The molecule has 0 aliphatic heterocycles. The van der Waals surface area contributed by atoms with Gasteiger partial charge in [-0.25, -0.2) is 5.43 Å². The van der Waals surface area contributed by atoms with E-state index in [0.717, 1.165) is 0 Å². The van der Waals surface area contributed by atoms with E-state index in [0.29, 0.717) is 35.2 Å². The van der Waals surface area contributed by atoms with Crippen molar-refractivity contribution in [1.82, 2.24) is 10.7 Å². The van der Waals surface area contributed by atoms with Crippen LogP contribution in [0.15, 0.2) is 23.3 Å². The molecular formula is C17H25N3O4. The molecule has 2 N–H and O–H groups in total. The molecule has 0 spiro atoms. The molecule has 0 saturated carbocycles. The van der Waals surface area contributed by atoms with Gasteiger partial charge in [-0.05, 0) is 25.0 Å². The standard InChI is InChI=1S/C17H25N3O4/c1-11(2)10-18-16(21)8-12(3)19-20-17(22)14-7-6-13(23-4)9-15(14)24-5/h6-7,9,11H,8,10H2,1-5H3,(H,18,21)(H,20,22)/b19-12+. The Morgan fingerprint density at radius 2 is 1.92 bits per heavy atom. The number of hydrogen-bond acceptors (Lipinski definition) is 5. The number of hydrogen-bond donors (Lipinski definition) is 2. The Labute approximate surface area is 142 Å². The van der Waals surface area contributed by atoms with Gasteiger partial charge in [0.1, 0.15) is 11.5 Å². The van der Waals surface area contributed by atoms with Gasteiger partial charge in [-0.1, -0.05) is 13.8 Å². The number of carbonyl (C=O) groups is 2. The molecule has 0 atom stereocenters. The van der Waals surface area contributed by atoms with Crippen LogP contribution < -0.4 is 20.2 Å². The highest BCUT2D eigenvalue weighted by Gasteiger charge is 2.13. The Kier molecular flexibility index (Phi) is 7.74. The second-order valence-corrected chi connectivity index (χ2v) is 5.73. The Balaban J connectivity index is 2.66. The average molecular weight is 335 g/mol. The van der Waals surface area contributed by atoms with Gasteiger partial charge in [0.15, 0.2) is 0 Å². The van der Waals surface area contributed by atoms with Gasteiger partial charge in [0.25, 0.3) is 5.91 Å². The normalized spacial score (nSPS) is 11.2. The van der Waals surface area contributed by atoms with E-state index in [1.807, 2.05) is 13.8 Å². The molecule has 0 bridgehead atoms. The van der Waals surface area contributed by atoms with Crippen molar-refractivity contribution >= 4 is 17.5 Å². The van der Waals surface area contributed by atoms with Gasteiger partial charge in [0, 0.05) is 18.3 Å². The highest BCUT2D eigenvalue weighted by molar-refractivity contribution is 6.01. The second-order valence-electron chi connectivity index (χ2n) is 5.73. The number of ether oxygens (including phenoxy) is 2. The molecule has 2 amide bonds. The lowest BCUT2D eigenvalue weighted by Gasteiger charge is -2.10. The van der Waals surface area contributed by atoms with Crippen molar-refractivity contribution < 1.29 is 19.1 Å². The molecule has 24 heavy (non-hydrogen) atoms. The topological polar surface area (TPSA) is 89.0 Å². The first-order valence-corrected chi connectivity index (χ1v) is 7.69. The molecule has 1 aromatic carbocycles. The van der Waals surface area contributed by atoms with Gasteiger partial charge >= 0.3 is 0 Å². The summed E-state index contributed by atoms with van der Waals surface area (Å²) >= 11 is 0. The molecule has 0 radical (unpaired) electrons. The third-order valence-electron chi connectivity index (χ3n) is 3.13. The lowest BCUT2D eigenvalue weighted by molar-refractivity contribution is -0.120. The predicted octanol–water partition coefficient (Wildman–Crippen LogP) is 1.97. The minimum atomic E-state index is -0.420. The third-order valence-corrected chi connectivity index (χ3v) is 3.13. The van der Waals surface area contributed by atoms with Gasteiger partial charge in [-0.15, -0.1) is 0 Å². The molecule has 1 aromatic rings. The monoisotopic (exact) mass is 335 g/mol. The number of methoxy groups -OCH3 is 2. The van der Waals surface area contributed by atoms with Crippen molar-refractivity contribution in [2.24, 2.45) is 11.0 Å². The molecule has 0 aliphatic rings. The first kappa shape index (κ1) is 19.5. The fraction of sp³-hybridized carbons (Fsp3) is 0.471. The molecule has 132 valence electrons. The maximum atomic E-state index is 12.2. The van der Waals surface area contributed by atoms with Gasteiger partial charge in [-0.2, -0.15) is 5.10 Å². The van der Waals surface area contributed by atoms with Crippen LogP contribution in [0.4, 0.5) is 0 Å². The number of benzene rings is 1. The van der Waals surface area contributed by atoms with Crippen molar-refractivity contribution in [2.75, 3.05) is 20.8 Å². The number of carbonyl (C=O) groups excluding carboxylic acids is 2. The van der Waals surface area contributed by atoms with Crippen LogP contribution in [0, 0.1) is 5.92 Å². The average Bonchev–Trinajstić information content (AvgIpc) is 2.57. The van der Waals surface area contributed by atoms with Gasteiger partial charge in [0.05, 0.1) is 26.2 Å². The quantitative estimate of drug-likeness (QED) is 0.561. The largest absolute Gasteiger partial charge is 0.497 e. The Morgan fingerprint density at radius 1 is 1.21 bits per heavy atom. The van der Waals surface area contributed by atoms with Crippen LogP contribution in [0.1, 0.15) is 37.6 Å². The highest BCUT2D eigenvalue weighted by atomic mass is 16.5. The first-order valence-electron chi connectivity index (χ1n) is 7.69. The van der Waals surface area contributed by atoms with E-state index in [2.05, 4.69) is 15.8 Å². The van der Waals surface area contributed by atoms with Gasteiger partial charge in [-0.3, -0.25) is 9.59 Å². The van der Waals surface area contributed by atoms with Crippen LogP contribution >= 0.6 is 0 Å². The SMILES string of the molecule is COc1ccc(C(=O)N/N=C(\C)CC(=O)NCC(C)C)c(OC)c1. The summed E-state index contributed by atoms with van der Waals surface area (Å²) in [6.07, 6.45) is 0.132. The summed E-state index contributed by atoms with van der Waals surface area (Å²) in [6, 6.07) is 4.87. The number of nitrogens with zero attached hydrogens (tertiary/aromatic N) is 1. The summed E-state index contributed by atoms with van der Waals surface area (Å²) in [5.41, 5.74) is 3.27. The van der Waals surface area contributed by atoms with Gasteiger partial charge in [0.2, 0.25) is 5.91 Å². The second kappa shape index (κ2) is 9.54. The van der Waals surface area contributed by atoms with Crippen molar-refractivity contribution in [1.29, 1.82) is 0 Å². The summed E-state index contributed by atoms with van der Waals surface area (Å²) in [5.74, 6) is 0.811. The molecule has 7 nitrogen and oxygen atoms in total. The maximum Gasteiger partial charge on any atom is 0.275 e. The molecule has 0 aromatic heterocycles. The van der Waals surface area contributed by atoms with Crippen LogP contribution in [-0.2, 0) is 4.79 Å². The predicted molar refractivity (Wildman–Crippen MR) is 92.6 cm³/mol. The zero-order chi connectivity index (χ0) is 18.1. The molecule has 7 heteroatoms. The summed E-state index contributed by atoms with van der Waals surface area (Å²) < 4.78 is 10.3. The number of hydrazone groups is 1. The van der Waals surface area contributed by atoms with E-state index in [1.165, 1.54) is 14.2 Å². The van der Waals surface area contributed by atoms with Crippen LogP contribution in [0.2, 0.25) is 0 Å². The molecule has 0 unspecified atom stereocenters. The lowest BCUT2D eigenvalue weighted by atomic mass is 10.2. The third kappa shape index (κ3) is 6.28. The van der Waals surface area contributed by atoms with Crippen LogP contribution in [-0.4, -0.2) is 38.3 Å². The van der Waals surface area contributed by atoms with Crippen molar-refractivity contribution in [3.8, 4) is 11.5 Å². The van der Waals surface area contributed by atoms with Crippen molar-refractivity contribution in [2.45, 2.75) is 27.2 Å². The lowest BCUT2D eigenvalue weighted by Crippen LogP contribution is -2.29. The molecule has 1 rings (SSSR count). The summed E-state index contributed by atoms with van der Waals surface area (Å²) in [4.78, 5) is 23.9. The minimum Gasteiger partial charge on any atom is -0.497 e. The van der Waals surface area contributed by atoms with E-state index in [4.69, 9.17) is 9.47 Å². The fourth-order valence-electron chi connectivity index (χ4n) is 1.84. The Bertz CT molecular complexity index is 612. The summed E-state index contributed by atoms with van der Waals surface area (Å²) in [7, 11) is 3.01. The van der Waals surface area contributed by atoms with E-state index >= 15 is 0 Å². The van der Waals surface area contributed by atoms with Crippen molar-refractivity contribution in [3.05, 3.63) is 23.8 Å². The number of rotatable bonds is 8. The molecule has 0 aliphatic carbocycles. The molecule has 0 saturated heterocycles. The smallest absolute Gasteiger partial charge is 0.275 e. The highest BCUT2D eigenvalue weighted by Crippen LogP contribution is 2.24. The minimum absolute atomic E-state index is 0.124. The number of amides is 2. The van der Waals surface area contributed by atoms with E-state index in [1.54, 1.807) is 25.1 Å². The first-order chi connectivity index (χ1) is 11.4. The van der Waals surface area contributed by atoms with Crippen LogP contribution in [0.25, 0.3) is 0 Å². The molecule has 0 heterocycles. The maximum absolute atomic E-state index is 12.2. The van der Waals surface area contributed by atoms with Gasteiger partial charge < -0.3 is 14.8 Å². The zero-order valence-corrected chi connectivity index (χ0v) is 14.8. The van der Waals surface area contributed by atoms with E-state index in [-0.39, 0.29) is 12.3 Å². The number of nitrogens with one attached hydrogen (secondary N) is 2. The van der Waals surface area contributed by atoms with Crippen LogP contribution in [0.3, 0.4) is 0 Å². The summed E-state index contributed by atoms with van der Waals surface area (Å²) in [5, 5.41) is 6.75. The van der Waals surface area contributed by atoms with E-state index < -0.39 is 5.91 Å². The van der Waals surface area contributed by atoms with E-state index in [9.17, 15) is 9.59 Å². The van der Waals surface area contributed by atoms with Crippen LogP contribution in [0.5, 0.6) is 11.5 Å². The van der Waals surface area contributed by atoms with Crippen molar-refractivity contribution in [3.63, 3.8) is 0 Å². The molecule has 0 fully saturated rings. The Hall–Kier alpha value is -2.57. The Morgan fingerprint density at radius 3 is 2.50 bits per heavy atom.